The molecule has 0 bridgehead atoms. The number of ether oxygens (including phenoxy) is 3. The van der Waals surface area contributed by atoms with Crippen LogP contribution in [0.25, 0.3) is 11.4 Å². The van der Waals surface area contributed by atoms with E-state index in [0.29, 0.717) is 40.2 Å². The summed E-state index contributed by atoms with van der Waals surface area (Å²) in [7, 11) is 3.09. The van der Waals surface area contributed by atoms with Gasteiger partial charge in [0, 0.05) is 11.6 Å². The fraction of sp³-hybridized carbons (Fsp3) is 0.160. The molecule has 0 spiro atoms. The van der Waals surface area contributed by atoms with Crippen molar-refractivity contribution in [3.8, 4) is 28.6 Å². The molecule has 0 aliphatic carbocycles. The number of amides is 1. The van der Waals surface area contributed by atoms with Gasteiger partial charge in [-0.25, -0.2) is 0 Å². The summed E-state index contributed by atoms with van der Waals surface area (Å²) in [5, 5.41) is 6.85. The molecular weight excluding hydrogens is 422 g/mol. The van der Waals surface area contributed by atoms with E-state index >= 15 is 0 Å². The third-order valence-corrected chi connectivity index (χ3v) is 4.92. The number of methoxy groups -OCH3 is 2. The molecule has 4 aromatic rings. The fourth-order valence-electron chi connectivity index (χ4n) is 3.14. The number of carbonyl (C=O) groups excluding carboxylic acids is 1. The Hall–Kier alpha value is -4.33. The van der Waals surface area contributed by atoms with Crippen LogP contribution < -0.4 is 19.5 Å². The molecule has 0 aliphatic rings. The van der Waals surface area contributed by atoms with Crippen molar-refractivity contribution >= 4 is 11.6 Å². The lowest BCUT2D eigenvalue weighted by atomic mass is 10.1. The summed E-state index contributed by atoms with van der Waals surface area (Å²) in [5.74, 6) is 1.93. The van der Waals surface area contributed by atoms with E-state index in [2.05, 4.69) is 15.5 Å². The molecule has 0 unspecified atom stereocenters. The van der Waals surface area contributed by atoms with E-state index < -0.39 is 0 Å². The summed E-state index contributed by atoms with van der Waals surface area (Å²) >= 11 is 0. The molecule has 0 saturated carbocycles. The van der Waals surface area contributed by atoms with Gasteiger partial charge in [0.25, 0.3) is 11.8 Å². The Bertz CT molecular complexity index is 1250. The van der Waals surface area contributed by atoms with Gasteiger partial charge in [0.15, 0.2) is 6.61 Å². The second-order valence-corrected chi connectivity index (χ2v) is 7.18. The number of para-hydroxylation sites is 1. The minimum atomic E-state index is -0.347. The molecule has 8 nitrogen and oxygen atoms in total. The highest BCUT2D eigenvalue weighted by molar-refractivity contribution is 6.06. The van der Waals surface area contributed by atoms with E-state index in [-0.39, 0.29) is 12.5 Å². The Labute approximate surface area is 191 Å². The van der Waals surface area contributed by atoms with Crippen molar-refractivity contribution in [2.24, 2.45) is 0 Å². The zero-order valence-corrected chi connectivity index (χ0v) is 18.5. The molecular formula is C25H23N3O5. The Balaban J connectivity index is 1.47. The minimum Gasteiger partial charge on any atom is -0.497 e. The molecule has 1 aromatic heterocycles. The molecule has 33 heavy (non-hydrogen) atoms. The lowest BCUT2D eigenvalue weighted by Crippen LogP contribution is -2.14. The van der Waals surface area contributed by atoms with Crippen LogP contribution in [-0.4, -0.2) is 30.3 Å². The number of carbonyl (C=O) groups is 1. The molecule has 168 valence electrons. The van der Waals surface area contributed by atoms with E-state index in [9.17, 15) is 4.79 Å². The van der Waals surface area contributed by atoms with Crippen molar-refractivity contribution in [2.45, 2.75) is 13.5 Å². The predicted octanol–water partition coefficient (Wildman–Crippen LogP) is 4.89. The maximum absolute atomic E-state index is 13.0. The monoisotopic (exact) mass is 445 g/mol. The first-order valence-corrected chi connectivity index (χ1v) is 10.2. The number of hydrogen-bond acceptors (Lipinski definition) is 7. The van der Waals surface area contributed by atoms with Crippen molar-refractivity contribution in [1.82, 2.24) is 10.1 Å². The van der Waals surface area contributed by atoms with Crippen LogP contribution in [0.2, 0.25) is 0 Å². The summed E-state index contributed by atoms with van der Waals surface area (Å²) in [6, 6.07) is 19.9. The highest BCUT2D eigenvalue weighted by Gasteiger charge is 2.16. The van der Waals surface area contributed by atoms with E-state index in [1.54, 1.807) is 49.6 Å². The van der Waals surface area contributed by atoms with Gasteiger partial charge in [0.1, 0.15) is 17.2 Å². The molecule has 0 aliphatic heterocycles. The molecule has 4 rings (SSSR count). The second kappa shape index (κ2) is 9.86. The molecule has 1 heterocycles. The van der Waals surface area contributed by atoms with Crippen molar-refractivity contribution < 1.29 is 23.5 Å². The van der Waals surface area contributed by atoms with E-state index in [4.69, 9.17) is 18.7 Å². The molecule has 0 saturated heterocycles. The molecule has 0 atom stereocenters. The Kier molecular flexibility index (Phi) is 6.54. The average molecular weight is 445 g/mol. The third kappa shape index (κ3) is 5.12. The first-order valence-electron chi connectivity index (χ1n) is 10.2. The SMILES string of the molecule is COc1ccc(NC(=O)c2ccccc2OCc2nc(-c3ccc(C)cc3)no2)c(OC)c1. The van der Waals surface area contributed by atoms with Gasteiger partial charge >= 0.3 is 0 Å². The van der Waals surface area contributed by atoms with Gasteiger partial charge in [0.05, 0.1) is 25.5 Å². The number of hydrogen-bond donors (Lipinski definition) is 1. The Morgan fingerprint density at radius 2 is 1.76 bits per heavy atom. The zero-order valence-electron chi connectivity index (χ0n) is 18.5. The van der Waals surface area contributed by atoms with Crippen molar-refractivity contribution in [3.05, 3.63) is 83.7 Å². The molecule has 1 amide bonds. The van der Waals surface area contributed by atoms with Crippen LogP contribution in [0.1, 0.15) is 21.8 Å². The van der Waals surface area contributed by atoms with Crippen LogP contribution in [0.5, 0.6) is 17.2 Å². The second-order valence-electron chi connectivity index (χ2n) is 7.18. The van der Waals surface area contributed by atoms with Crippen LogP contribution in [0.15, 0.2) is 71.3 Å². The van der Waals surface area contributed by atoms with Gasteiger partial charge in [-0.2, -0.15) is 4.98 Å². The zero-order chi connectivity index (χ0) is 23.2. The van der Waals surface area contributed by atoms with Gasteiger partial charge < -0.3 is 24.1 Å². The molecule has 0 radical (unpaired) electrons. The summed E-state index contributed by atoms with van der Waals surface area (Å²) in [4.78, 5) is 17.3. The van der Waals surface area contributed by atoms with Crippen molar-refractivity contribution in [2.75, 3.05) is 19.5 Å². The van der Waals surface area contributed by atoms with Crippen LogP contribution in [0.4, 0.5) is 5.69 Å². The van der Waals surface area contributed by atoms with Gasteiger partial charge in [0.2, 0.25) is 5.82 Å². The number of rotatable bonds is 8. The maximum atomic E-state index is 13.0. The van der Waals surface area contributed by atoms with Crippen LogP contribution in [-0.2, 0) is 6.61 Å². The van der Waals surface area contributed by atoms with E-state index in [1.807, 2.05) is 31.2 Å². The number of aryl methyl sites for hydroxylation is 1. The van der Waals surface area contributed by atoms with Gasteiger partial charge in [-0.1, -0.05) is 47.1 Å². The standard InChI is InChI=1S/C25H23N3O5/c1-16-8-10-17(11-9-16)24-27-23(33-28-24)15-32-21-7-5-4-6-19(21)25(29)26-20-13-12-18(30-2)14-22(20)31-3/h4-14H,15H2,1-3H3,(H,26,29). The number of benzene rings is 3. The largest absolute Gasteiger partial charge is 0.497 e. The first kappa shape index (κ1) is 21.9. The molecule has 8 heteroatoms. The first-order chi connectivity index (χ1) is 16.1. The van der Waals surface area contributed by atoms with Crippen LogP contribution in [0.3, 0.4) is 0 Å². The van der Waals surface area contributed by atoms with Crippen molar-refractivity contribution in [3.63, 3.8) is 0 Å². The number of anilines is 1. The molecule has 0 fully saturated rings. The quantitative estimate of drug-likeness (QED) is 0.412. The topological polar surface area (TPSA) is 95.7 Å². The predicted molar refractivity (Wildman–Crippen MR) is 123 cm³/mol. The number of nitrogens with one attached hydrogen (secondary N) is 1. The van der Waals surface area contributed by atoms with Gasteiger partial charge in [-0.3, -0.25) is 4.79 Å². The molecule has 3 aromatic carbocycles. The minimum absolute atomic E-state index is 0.0228. The summed E-state index contributed by atoms with van der Waals surface area (Å²) < 4.78 is 21.7. The summed E-state index contributed by atoms with van der Waals surface area (Å²) in [5.41, 5.74) is 2.86. The summed E-state index contributed by atoms with van der Waals surface area (Å²) in [6.45, 7) is 2.03. The van der Waals surface area contributed by atoms with Crippen molar-refractivity contribution in [1.29, 1.82) is 0 Å². The smallest absolute Gasteiger partial charge is 0.264 e. The van der Waals surface area contributed by atoms with Gasteiger partial charge in [-0.05, 0) is 31.2 Å². The van der Waals surface area contributed by atoms with Crippen LogP contribution in [0, 0.1) is 6.92 Å². The Morgan fingerprint density at radius 3 is 2.52 bits per heavy atom. The highest BCUT2D eigenvalue weighted by Crippen LogP contribution is 2.30. The van der Waals surface area contributed by atoms with E-state index in [1.165, 1.54) is 7.11 Å². The number of nitrogens with zero attached hydrogens (tertiary/aromatic N) is 2. The van der Waals surface area contributed by atoms with Gasteiger partial charge in [-0.15, -0.1) is 0 Å². The maximum Gasteiger partial charge on any atom is 0.264 e. The number of aromatic nitrogens is 2. The van der Waals surface area contributed by atoms with E-state index in [0.717, 1.165) is 11.1 Å². The average Bonchev–Trinajstić information content (AvgIpc) is 3.32. The summed E-state index contributed by atoms with van der Waals surface area (Å²) in [6.07, 6.45) is 0. The lowest BCUT2D eigenvalue weighted by molar-refractivity contribution is 0.102. The lowest BCUT2D eigenvalue weighted by Gasteiger charge is -2.13. The normalized spacial score (nSPS) is 10.5. The highest BCUT2D eigenvalue weighted by atomic mass is 16.5. The molecule has 1 N–H and O–H groups in total. The fourth-order valence-corrected chi connectivity index (χ4v) is 3.14. The third-order valence-electron chi connectivity index (χ3n) is 4.92. The Morgan fingerprint density at radius 1 is 0.970 bits per heavy atom. The van der Waals surface area contributed by atoms with Crippen LogP contribution >= 0.6 is 0 Å².